The molecule has 148 valence electrons. The molecule has 0 N–H and O–H groups in total. The lowest BCUT2D eigenvalue weighted by molar-refractivity contribution is 0.475. The van der Waals surface area contributed by atoms with E-state index in [1.54, 1.807) is 0 Å². The Morgan fingerprint density at radius 2 is 1.66 bits per heavy atom. The third-order valence-electron chi connectivity index (χ3n) is 5.74. The van der Waals surface area contributed by atoms with Crippen molar-refractivity contribution < 1.29 is 0 Å². The molecule has 1 aromatic carbocycles. The van der Waals surface area contributed by atoms with E-state index in [4.69, 9.17) is 5.10 Å². The van der Waals surface area contributed by atoms with Gasteiger partial charge in [-0.15, -0.1) is 20.4 Å². The van der Waals surface area contributed by atoms with Crippen molar-refractivity contribution in [3.63, 3.8) is 0 Å². The fraction of sp³-hybridized carbons (Fsp3) is 0.381. The van der Waals surface area contributed by atoms with E-state index < -0.39 is 0 Å². The molecule has 0 amide bonds. The highest BCUT2D eigenvalue weighted by molar-refractivity contribution is 5.93. The summed E-state index contributed by atoms with van der Waals surface area (Å²) in [5.41, 5.74) is 1.76. The van der Waals surface area contributed by atoms with Crippen molar-refractivity contribution in [3.05, 3.63) is 47.9 Å². The molecular formula is C21H24N8. The van der Waals surface area contributed by atoms with E-state index in [0.29, 0.717) is 5.92 Å². The molecule has 1 saturated heterocycles. The Kier molecular flexibility index (Phi) is 4.26. The van der Waals surface area contributed by atoms with Crippen LogP contribution in [-0.2, 0) is 0 Å². The summed E-state index contributed by atoms with van der Waals surface area (Å²) in [6.45, 7) is 3.83. The number of piperidine rings is 1. The fourth-order valence-corrected chi connectivity index (χ4v) is 4.10. The third-order valence-corrected chi connectivity index (χ3v) is 5.74. The van der Waals surface area contributed by atoms with Crippen LogP contribution in [0.15, 0.2) is 36.4 Å². The van der Waals surface area contributed by atoms with Crippen LogP contribution in [-0.4, -0.2) is 57.2 Å². The summed E-state index contributed by atoms with van der Waals surface area (Å²) in [7, 11) is 3.98. The predicted octanol–water partition coefficient (Wildman–Crippen LogP) is 2.83. The Hall–Kier alpha value is -3.29. The number of anilines is 2. The van der Waals surface area contributed by atoms with Crippen LogP contribution >= 0.6 is 0 Å². The van der Waals surface area contributed by atoms with E-state index in [1.807, 2.05) is 42.6 Å². The Morgan fingerprint density at radius 3 is 2.41 bits per heavy atom. The maximum atomic E-state index is 4.72. The normalized spacial score (nSPS) is 15.3. The van der Waals surface area contributed by atoms with Crippen LogP contribution in [0.4, 0.5) is 11.6 Å². The van der Waals surface area contributed by atoms with Gasteiger partial charge in [0.25, 0.3) is 0 Å². The molecule has 0 spiro atoms. The molecule has 8 heteroatoms. The van der Waals surface area contributed by atoms with E-state index in [1.165, 1.54) is 10.8 Å². The molecule has 0 saturated carbocycles. The minimum Gasteiger partial charge on any atom is -0.361 e. The van der Waals surface area contributed by atoms with E-state index in [0.717, 1.165) is 54.7 Å². The first kappa shape index (κ1) is 17.8. The van der Waals surface area contributed by atoms with Gasteiger partial charge in [0.05, 0.1) is 5.69 Å². The standard InChI is InChI=1S/C21H24N8/c1-14-16-6-4-5-7-17(16)21(25-22-14)28-12-10-15(11-13-28)20-24-23-18-8-9-19(27(2)3)26-29(18)20/h4-9,15H,10-13H2,1-3H3. The summed E-state index contributed by atoms with van der Waals surface area (Å²) in [6.07, 6.45) is 1.97. The minimum absolute atomic E-state index is 0.329. The summed E-state index contributed by atoms with van der Waals surface area (Å²) >= 11 is 0. The summed E-state index contributed by atoms with van der Waals surface area (Å²) < 4.78 is 1.90. The maximum Gasteiger partial charge on any atom is 0.178 e. The topological polar surface area (TPSA) is 75.3 Å². The van der Waals surface area contributed by atoms with Crippen molar-refractivity contribution in [1.82, 2.24) is 30.0 Å². The number of hydrogen-bond donors (Lipinski definition) is 0. The molecule has 0 radical (unpaired) electrons. The van der Waals surface area contributed by atoms with Crippen LogP contribution in [0, 0.1) is 6.92 Å². The van der Waals surface area contributed by atoms with Crippen LogP contribution < -0.4 is 9.80 Å². The van der Waals surface area contributed by atoms with Crippen molar-refractivity contribution in [2.45, 2.75) is 25.7 Å². The highest BCUT2D eigenvalue weighted by Crippen LogP contribution is 2.32. The molecule has 5 rings (SSSR count). The smallest absolute Gasteiger partial charge is 0.178 e. The second-order valence-corrected chi connectivity index (χ2v) is 7.83. The SMILES string of the molecule is Cc1nnc(N2CCC(c3nnc4ccc(N(C)C)nn34)CC2)c2ccccc12. The fourth-order valence-electron chi connectivity index (χ4n) is 4.10. The van der Waals surface area contributed by atoms with Gasteiger partial charge in [-0.3, -0.25) is 0 Å². The van der Waals surface area contributed by atoms with Crippen molar-refractivity contribution in [2.24, 2.45) is 0 Å². The summed E-state index contributed by atoms with van der Waals surface area (Å²) in [4.78, 5) is 4.33. The molecule has 1 aliphatic rings. The van der Waals surface area contributed by atoms with Crippen molar-refractivity contribution in [3.8, 4) is 0 Å². The minimum atomic E-state index is 0.329. The molecule has 1 fully saturated rings. The zero-order chi connectivity index (χ0) is 20.0. The summed E-state index contributed by atoms with van der Waals surface area (Å²) in [5.74, 6) is 3.15. The first-order valence-corrected chi connectivity index (χ1v) is 9.98. The quantitative estimate of drug-likeness (QED) is 0.534. The highest BCUT2D eigenvalue weighted by atomic mass is 15.4. The molecule has 0 bridgehead atoms. The van der Waals surface area contributed by atoms with Gasteiger partial charge >= 0.3 is 0 Å². The Bertz CT molecular complexity index is 1170. The van der Waals surface area contributed by atoms with Crippen LogP contribution in [0.2, 0.25) is 0 Å². The van der Waals surface area contributed by atoms with Gasteiger partial charge in [-0.25, -0.2) is 0 Å². The molecular weight excluding hydrogens is 364 g/mol. The largest absolute Gasteiger partial charge is 0.361 e. The third kappa shape index (κ3) is 3.04. The lowest BCUT2D eigenvalue weighted by atomic mass is 9.95. The van der Waals surface area contributed by atoms with E-state index in [2.05, 4.69) is 49.6 Å². The van der Waals surface area contributed by atoms with Crippen molar-refractivity contribution in [2.75, 3.05) is 37.0 Å². The van der Waals surface area contributed by atoms with Crippen LogP contribution in [0.1, 0.15) is 30.3 Å². The zero-order valence-electron chi connectivity index (χ0n) is 16.9. The molecule has 0 aliphatic carbocycles. The molecule has 3 aromatic heterocycles. The predicted molar refractivity (Wildman–Crippen MR) is 114 cm³/mol. The Morgan fingerprint density at radius 1 is 0.897 bits per heavy atom. The van der Waals surface area contributed by atoms with E-state index in [-0.39, 0.29) is 0 Å². The molecule has 8 nitrogen and oxygen atoms in total. The Balaban J connectivity index is 1.41. The molecule has 0 atom stereocenters. The lowest BCUT2D eigenvalue weighted by Crippen LogP contribution is -2.34. The first-order valence-electron chi connectivity index (χ1n) is 9.98. The van der Waals surface area contributed by atoms with Gasteiger partial charge in [0.2, 0.25) is 0 Å². The van der Waals surface area contributed by atoms with Gasteiger partial charge < -0.3 is 9.80 Å². The van der Waals surface area contributed by atoms with Gasteiger partial charge in [0.1, 0.15) is 5.82 Å². The van der Waals surface area contributed by atoms with Gasteiger partial charge in [-0.2, -0.15) is 9.61 Å². The van der Waals surface area contributed by atoms with Gasteiger partial charge in [-0.1, -0.05) is 24.3 Å². The van der Waals surface area contributed by atoms with Crippen LogP contribution in [0.25, 0.3) is 16.4 Å². The summed E-state index contributed by atoms with van der Waals surface area (Å²) in [5, 5.41) is 24.8. The first-order chi connectivity index (χ1) is 14.1. The average molecular weight is 388 g/mol. The second-order valence-electron chi connectivity index (χ2n) is 7.83. The molecule has 1 aliphatic heterocycles. The van der Waals surface area contributed by atoms with Gasteiger partial charge in [-0.05, 0) is 31.9 Å². The highest BCUT2D eigenvalue weighted by Gasteiger charge is 2.27. The monoisotopic (exact) mass is 388 g/mol. The second kappa shape index (κ2) is 6.95. The van der Waals surface area contributed by atoms with Gasteiger partial charge in [0.15, 0.2) is 17.3 Å². The number of nitrogens with zero attached hydrogens (tertiary/aromatic N) is 8. The van der Waals surface area contributed by atoms with Gasteiger partial charge in [0, 0.05) is 43.9 Å². The number of benzene rings is 1. The molecule has 0 unspecified atom stereocenters. The lowest BCUT2D eigenvalue weighted by Gasteiger charge is -2.32. The van der Waals surface area contributed by atoms with E-state index >= 15 is 0 Å². The molecule has 4 heterocycles. The van der Waals surface area contributed by atoms with Crippen LogP contribution in [0.3, 0.4) is 0 Å². The number of fused-ring (bicyclic) bond motifs is 2. The average Bonchev–Trinajstić information content (AvgIpc) is 3.18. The molecule has 29 heavy (non-hydrogen) atoms. The Labute approximate surface area is 169 Å². The molecule has 4 aromatic rings. The number of aryl methyl sites for hydroxylation is 1. The zero-order valence-corrected chi connectivity index (χ0v) is 16.9. The maximum absolute atomic E-state index is 4.72. The number of hydrogen-bond acceptors (Lipinski definition) is 7. The van der Waals surface area contributed by atoms with E-state index in [9.17, 15) is 0 Å². The van der Waals surface area contributed by atoms with Crippen molar-refractivity contribution in [1.29, 1.82) is 0 Å². The number of rotatable bonds is 3. The summed E-state index contributed by atoms with van der Waals surface area (Å²) in [6, 6.07) is 12.3. The van der Waals surface area contributed by atoms with Crippen molar-refractivity contribution >= 4 is 28.1 Å². The number of aromatic nitrogens is 6. The van der Waals surface area contributed by atoms with Crippen LogP contribution in [0.5, 0.6) is 0 Å².